The van der Waals surface area contributed by atoms with Gasteiger partial charge in [-0.1, -0.05) is 54.1 Å². The molecule has 4 rings (SSSR count). The third-order valence-corrected chi connectivity index (χ3v) is 5.46. The second-order valence-corrected chi connectivity index (χ2v) is 7.46. The molecule has 2 fully saturated rings. The SMILES string of the molecule is Clc1ccc(CN2C[C@H]3CN(Cc4ccccc4)C[C@H]3C2)cc1. The lowest BCUT2D eigenvalue weighted by atomic mass is 10.0. The molecule has 2 saturated heterocycles. The number of rotatable bonds is 4. The van der Waals surface area contributed by atoms with Crippen molar-refractivity contribution in [1.82, 2.24) is 9.80 Å². The minimum Gasteiger partial charge on any atom is -0.298 e. The molecule has 3 heteroatoms. The molecule has 2 heterocycles. The molecule has 23 heavy (non-hydrogen) atoms. The zero-order valence-corrected chi connectivity index (χ0v) is 14.1. The standard InChI is InChI=1S/C20H23ClN2/c21-20-8-6-17(7-9-20)11-23-14-18-12-22(13-19(18)15-23)10-16-4-2-1-3-5-16/h1-9,18-19H,10-15H2/t18-,19+. The van der Waals surface area contributed by atoms with Gasteiger partial charge in [-0.05, 0) is 35.1 Å². The molecule has 2 nitrogen and oxygen atoms in total. The number of hydrogen-bond donors (Lipinski definition) is 0. The zero-order valence-electron chi connectivity index (χ0n) is 13.4. The normalized spacial score (nSPS) is 24.9. The largest absolute Gasteiger partial charge is 0.298 e. The van der Waals surface area contributed by atoms with E-state index in [1.54, 1.807) is 0 Å². The predicted octanol–water partition coefficient (Wildman–Crippen LogP) is 3.90. The summed E-state index contributed by atoms with van der Waals surface area (Å²) in [6.07, 6.45) is 0. The molecule has 2 aromatic carbocycles. The highest BCUT2D eigenvalue weighted by Gasteiger charge is 2.39. The molecule has 0 amide bonds. The Balaban J connectivity index is 1.30. The quantitative estimate of drug-likeness (QED) is 0.840. The third kappa shape index (κ3) is 3.60. The number of hydrogen-bond acceptors (Lipinski definition) is 2. The van der Waals surface area contributed by atoms with Crippen LogP contribution in [0.4, 0.5) is 0 Å². The van der Waals surface area contributed by atoms with Crippen molar-refractivity contribution in [3.8, 4) is 0 Å². The van der Waals surface area contributed by atoms with Gasteiger partial charge in [0.1, 0.15) is 0 Å². The molecular formula is C20H23ClN2. The van der Waals surface area contributed by atoms with Crippen molar-refractivity contribution in [1.29, 1.82) is 0 Å². The van der Waals surface area contributed by atoms with E-state index in [0.29, 0.717) is 0 Å². The van der Waals surface area contributed by atoms with Gasteiger partial charge in [0.2, 0.25) is 0 Å². The van der Waals surface area contributed by atoms with Gasteiger partial charge in [-0.25, -0.2) is 0 Å². The molecule has 0 bridgehead atoms. The number of benzene rings is 2. The lowest BCUT2D eigenvalue weighted by Gasteiger charge is -2.21. The molecule has 0 saturated carbocycles. The second-order valence-electron chi connectivity index (χ2n) is 7.02. The highest BCUT2D eigenvalue weighted by atomic mass is 35.5. The summed E-state index contributed by atoms with van der Waals surface area (Å²) in [4.78, 5) is 5.24. The Morgan fingerprint density at radius 1 is 0.696 bits per heavy atom. The number of nitrogens with zero attached hydrogens (tertiary/aromatic N) is 2. The first kappa shape index (κ1) is 15.2. The van der Waals surface area contributed by atoms with Gasteiger partial charge in [0.15, 0.2) is 0 Å². The van der Waals surface area contributed by atoms with E-state index in [2.05, 4.69) is 52.3 Å². The van der Waals surface area contributed by atoms with Crippen LogP contribution in [0.15, 0.2) is 54.6 Å². The highest BCUT2D eigenvalue weighted by molar-refractivity contribution is 6.30. The molecule has 2 aliphatic heterocycles. The molecule has 0 unspecified atom stereocenters. The third-order valence-electron chi connectivity index (χ3n) is 5.21. The summed E-state index contributed by atoms with van der Waals surface area (Å²) in [5, 5.41) is 0.823. The van der Waals surface area contributed by atoms with Crippen molar-refractivity contribution >= 4 is 11.6 Å². The molecule has 2 aliphatic rings. The second kappa shape index (κ2) is 6.64. The monoisotopic (exact) mass is 326 g/mol. The molecular weight excluding hydrogens is 304 g/mol. The molecule has 0 radical (unpaired) electrons. The van der Waals surface area contributed by atoms with Crippen LogP contribution in [-0.2, 0) is 13.1 Å². The minimum atomic E-state index is 0.823. The summed E-state index contributed by atoms with van der Waals surface area (Å²) in [5.74, 6) is 1.68. The van der Waals surface area contributed by atoms with E-state index in [-0.39, 0.29) is 0 Å². The summed E-state index contributed by atoms with van der Waals surface area (Å²) in [6.45, 7) is 7.12. The van der Waals surface area contributed by atoms with Crippen molar-refractivity contribution in [2.24, 2.45) is 11.8 Å². The maximum Gasteiger partial charge on any atom is 0.0406 e. The van der Waals surface area contributed by atoms with Crippen LogP contribution in [-0.4, -0.2) is 36.0 Å². The van der Waals surface area contributed by atoms with Gasteiger partial charge in [-0.3, -0.25) is 9.80 Å². The van der Waals surface area contributed by atoms with E-state index in [1.165, 1.54) is 37.3 Å². The maximum absolute atomic E-state index is 5.97. The fourth-order valence-electron chi connectivity index (χ4n) is 4.14. The minimum absolute atomic E-state index is 0.823. The Morgan fingerprint density at radius 2 is 1.17 bits per heavy atom. The van der Waals surface area contributed by atoms with Crippen molar-refractivity contribution in [2.75, 3.05) is 26.2 Å². The molecule has 0 N–H and O–H groups in total. The molecule has 2 aromatic rings. The van der Waals surface area contributed by atoms with Crippen molar-refractivity contribution in [2.45, 2.75) is 13.1 Å². The number of fused-ring (bicyclic) bond motifs is 1. The van der Waals surface area contributed by atoms with Crippen LogP contribution in [0.3, 0.4) is 0 Å². The lowest BCUT2D eigenvalue weighted by Crippen LogP contribution is -2.28. The summed E-state index contributed by atoms with van der Waals surface area (Å²) in [5.41, 5.74) is 2.81. The molecule has 2 atom stereocenters. The first-order valence-electron chi connectivity index (χ1n) is 8.49. The van der Waals surface area contributed by atoms with Gasteiger partial charge >= 0.3 is 0 Å². The number of halogens is 1. The smallest absolute Gasteiger partial charge is 0.0406 e. The average Bonchev–Trinajstić information content (AvgIpc) is 3.08. The van der Waals surface area contributed by atoms with E-state index in [0.717, 1.165) is 29.9 Å². The molecule has 0 aromatic heterocycles. The van der Waals surface area contributed by atoms with E-state index in [9.17, 15) is 0 Å². The summed E-state index contributed by atoms with van der Waals surface area (Å²) < 4.78 is 0. The number of likely N-dealkylation sites (tertiary alicyclic amines) is 2. The Labute approximate surface area is 143 Å². The Hall–Kier alpha value is -1.35. The van der Waals surface area contributed by atoms with Crippen LogP contribution in [0.2, 0.25) is 5.02 Å². The van der Waals surface area contributed by atoms with Crippen molar-refractivity contribution in [3.05, 3.63) is 70.7 Å². The Morgan fingerprint density at radius 3 is 1.70 bits per heavy atom. The van der Waals surface area contributed by atoms with Crippen LogP contribution in [0, 0.1) is 11.8 Å². The first-order valence-corrected chi connectivity index (χ1v) is 8.87. The highest BCUT2D eigenvalue weighted by Crippen LogP contribution is 2.32. The van der Waals surface area contributed by atoms with E-state index < -0.39 is 0 Å². The topological polar surface area (TPSA) is 6.48 Å². The van der Waals surface area contributed by atoms with Crippen molar-refractivity contribution < 1.29 is 0 Å². The Bertz CT molecular complexity index is 626. The lowest BCUT2D eigenvalue weighted by molar-refractivity contribution is 0.246. The molecule has 0 spiro atoms. The van der Waals surface area contributed by atoms with E-state index >= 15 is 0 Å². The summed E-state index contributed by atoms with van der Waals surface area (Å²) in [7, 11) is 0. The Kier molecular flexibility index (Phi) is 4.39. The predicted molar refractivity (Wildman–Crippen MR) is 95.4 cm³/mol. The van der Waals surface area contributed by atoms with Gasteiger partial charge in [0, 0.05) is 44.3 Å². The fraction of sp³-hybridized carbons (Fsp3) is 0.400. The van der Waals surface area contributed by atoms with Gasteiger partial charge in [0.25, 0.3) is 0 Å². The average molecular weight is 327 g/mol. The molecule has 0 aliphatic carbocycles. The van der Waals surface area contributed by atoms with E-state index in [1.807, 2.05) is 12.1 Å². The van der Waals surface area contributed by atoms with Crippen LogP contribution in [0.5, 0.6) is 0 Å². The summed E-state index contributed by atoms with van der Waals surface area (Å²) in [6, 6.07) is 19.1. The van der Waals surface area contributed by atoms with Gasteiger partial charge in [-0.2, -0.15) is 0 Å². The van der Waals surface area contributed by atoms with E-state index in [4.69, 9.17) is 11.6 Å². The van der Waals surface area contributed by atoms with Crippen LogP contribution >= 0.6 is 11.6 Å². The van der Waals surface area contributed by atoms with Crippen LogP contribution < -0.4 is 0 Å². The van der Waals surface area contributed by atoms with Gasteiger partial charge in [-0.15, -0.1) is 0 Å². The van der Waals surface area contributed by atoms with Crippen LogP contribution in [0.1, 0.15) is 11.1 Å². The zero-order chi connectivity index (χ0) is 15.6. The maximum atomic E-state index is 5.97. The summed E-state index contributed by atoms with van der Waals surface area (Å²) >= 11 is 5.97. The first-order chi connectivity index (χ1) is 11.3. The van der Waals surface area contributed by atoms with Gasteiger partial charge < -0.3 is 0 Å². The van der Waals surface area contributed by atoms with Crippen molar-refractivity contribution in [3.63, 3.8) is 0 Å². The molecule has 120 valence electrons. The van der Waals surface area contributed by atoms with Crippen LogP contribution in [0.25, 0.3) is 0 Å². The fourth-order valence-corrected chi connectivity index (χ4v) is 4.26. The van der Waals surface area contributed by atoms with Gasteiger partial charge in [0.05, 0.1) is 0 Å².